The average Bonchev–Trinajstić information content (AvgIpc) is 3.40. The van der Waals surface area contributed by atoms with Gasteiger partial charge < -0.3 is 15.0 Å². The fourth-order valence-electron chi connectivity index (χ4n) is 4.32. The van der Waals surface area contributed by atoms with Crippen molar-refractivity contribution in [1.29, 1.82) is 0 Å². The summed E-state index contributed by atoms with van der Waals surface area (Å²) in [6.07, 6.45) is 5.90. The molecule has 1 fully saturated rings. The zero-order chi connectivity index (χ0) is 24.6. The zero-order valence-corrected chi connectivity index (χ0v) is 20.9. The molecule has 4 rings (SSSR count). The van der Waals surface area contributed by atoms with Crippen LogP contribution < -0.4 is 10.1 Å². The van der Waals surface area contributed by atoms with Gasteiger partial charge in [0.15, 0.2) is 0 Å². The lowest BCUT2D eigenvalue weighted by Gasteiger charge is -2.31. The highest BCUT2D eigenvalue weighted by atomic mass is 32.1. The van der Waals surface area contributed by atoms with E-state index in [-0.39, 0.29) is 17.7 Å². The van der Waals surface area contributed by atoms with Crippen LogP contribution in [0, 0.1) is 0 Å². The molecule has 1 aromatic heterocycles. The summed E-state index contributed by atoms with van der Waals surface area (Å²) in [4.78, 5) is 32.1. The Morgan fingerprint density at radius 1 is 1.20 bits per heavy atom. The lowest BCUT2D eigenvalue weighted by Crippen LogP contribution is -2.37. The number of unbranched alkanes of at least 4 members (excludes halogenated alkanes) is 1. The molecule has 0 bridgehead atoms. The van der Waals surface area contributed by atoms with E-state index >= 15 is 0 Å². The lowest BCUT2D eigenvalue weighted by molar-refractivity contribution is -0.132. The number of ether oxygens (including phenoxy) is 1. The average molecular weight is 490 g/mol. The van der Waals surface area contributed by atoms with E-state index < -0.39 is 0 Å². The number of anilines is 1. The Bertz CT molecular complexity index is 1170. The van der Waals surface area contributed by atoms with Crippen LogP contribution in [-0.2, 0) is 4.79 Å². The molecule has 35 heavy (non-hydrogen) atoms. The van der Waals surface area contributed by atoms with Crippen molar-refractivity contribution >= 4 is 28.8 Å². The number of rotatable bonds is 9. The van der Waals surface area contributed by atoms with Crippen LogP contribution in [0.3, 0.4) is 0 Å². The van der Waals surface area contributed by atoms with E-state index in [9.17, 15) is 9.59 Å². The number of likely N-dealkylation sites (tertiary alicyclic amines) is 1. The smallest absolute Gasteiger partial charge is 0.275 e. The number of thiazole rings is 1. The Morgan fingerprint density at radius 2 is 1.97 bits per heavy atom. The third-order valence-electron chi connectivity index (χ3n) is 6.31. The molecular formula is C28H31N3O3S. The second-order valence-electron chi connectivity index (χ2n) is 8.64. The predicted molar refractivity (Wildman–Crippen MR) is 141 cm³/mol. The van der Waals surface area contributed by atoms with E-state index in [0.717, 1.165) is 54.9 Å². The van der Waals surface area contributed by atoms with Gasteiger partial charge in [-0.05, 0) is 43.4 Å². The third kappa shape index (κ3) is 6.17. The maximum Gasteiger partial charge on any atom is 0.275 e. The first-order chi connectivity index (χ1) is 17.1. The van der Waals surface area contributed by atoms with Gasteiger partial charge in [-0.2, -0.15) is 0 Å². The summed E-state index contributed by atoms with van der Waals surface area (Å²) in [6, 6.07) is 15.6. The van der Waals surface area contributed by atoms with Gasteiger partial charge in [0.1, 0.15) is 11.4 Å². The van der Waals surface area contributed by atoms with E-state index in [1.807, 2.05) is 64.9 Å². The number of amides is 2. The highest BCUT2D eigenvalue weighted by Crippen LogP contribution is 2.33. The predicted octanol–water partition coefficient (Wildman–Crippen LogP) is 6.13. The number of piperidine rings is 1. The molecule has 0 saturated carbocycles. The Morgan fingerprint density at radius 3 is 2.69 bits per heavy atom. The topological polar surface area (TPSA) is 71.5 Å². The van der Waals surface area contributed by atoms with Gasteiger partial charge in [0.05, 0.1) is 17.8 Å². The fraction of sp³-hybridized carbons (Fsp3) is 0.321. The SMILES string of the molecule is C=CCCCC(=O)N1CCC(c2nc(C(=O)Nc3cc(OC)ccc3-c3ccccc3)cs2)CC1. The minimum Gasteiger partial charge on any atom is -0.497 e. The lowest BCUT2D eigenvalue weighted by atomic mass is 9.97. The zero-order valence-electron chi connectivity index (χ0n) is 20.0. The van der Waals surface area contributed by atoms with E-state index in [1.54, 1.807) is 7.11 Å². The molecule has 2 aromatic carbocycles. The second kappa shape index (κ2) is 11.8. The van der Waals surface area contributed by atoms with Gasteiger partial charge in [-0.1, -0.05) is 36.4 Å². The molecule has 0 atom stereocenters. The molecule has 3 aromatic rings. The first-order valence-corrected chi connectivity index (χ1v) is 12.9. The minimum absolute atomic E-state index is 0.219. The van der Waals surface area contributed by atoms with Crippen LogP contribution in [0.5, 0.6) is 5.75 Å². The molecule has 1 aliphatic rings. The summed E-state index contributed by atoms with van der Waals surface area (Å²) in [6.45, 7) is 5.19. The summed E-state index contributed by atoms with van der Waals surface area (Å²) in [7, 11) is 1.61. The molecule has 6 nitrogen and oxygen atoms in total. The van der Waals surface area contributed by atoms with E-state index in [2.05, 4.69) is 16.9 Å². The minimum atomic E-state index is -0.243. The van der Waals surface area contributed by atoms with Crippen molar-refractivity contribution in [2.45, 2.75) is 38.0 Å². The summed E-state index contributed by atoms with van der Waals surface area (Å²) in [5, 5.41) is 5.81. The quantitative estimate of drug-likeness (QED) is 0.290. The number of methoxy groups -OCH3 is 1. The van der Waals surface area contributed by atoms with Crippen LogP contribution in [0.4, 0.5) is 5.69 Å². The van der Waals surface area contributed by atoms with Gasteiger partial charge in [0.25, 0.3) is 5.91 Å². The van der Waals surface area contributed by atoms with Gasteiger partial charge in [-0.25, -0.2) is 4.98 Å². The van der Waals surface area contributed by atoms with Crippen LogP contribution in [-0.4, -0.2) is 41.9 Å². The molecule has 1 saturated heterocycles. The van der Waals surface area contributed by atoms with Crippen LogP contribution in [0.2, 0.25) is 0 Å². The third-order valence-corrected chi connectivity index (χ3v) is 7.32. The standard InChI is InChI=1S/C28H31N3O3S/c1-3-4-6-11-26(32)31-16-14-21(15-17-31)28-30-25(19-35-28)27(33)29-24-18-22(34-2)12-13-23(24)20-9-7-5-8-10-20/h3,5,7-10,12-13,18-19,21H,1,4,6,11,14-17H2,2H3,(H,29,33). The van der Waals surface area contributed by atoms with Gasteiger partial charge in [-0.15, -0.1) is 17.9 Å². The Hall–Kier alpha value is -3.45. The monoisotopic (exact) mass is 489 g/mol. The van der Waals surface area contributed by atoms with E-state index in [0.29, 0.717) is 23.6 Å². The van der Waals surface area contributed by atoms with Gasteiger partial charge in [-0.3, -0.25) is 9.59 Å². The summed E-state index contributed by atoms with van der Waals surface area (Å²) in [5.41, 5.74) is 3.02. The summed E-state index contributed by atoms with van der Waals surface area (Å²) in [5.74, 6) is 0.921. The van der Waals surface area contributed by atoms with Crippen molar-refractivity contribution in [3.8, 4) is 16.9 Å². The van der Waals surface area contributed by atoms with Crippen LogP contribution in [0.15, 0.2) is 66.6 Å². The van der Waals surface area contributed by atoms with E-state index in [4.69, 9.17) is 4.74 Å². The molecule has 1 N–H and O–H groups in total. The molecule has 2 amide bonds. The number of hydrogen-bond acceptors (Lipinski definition) is 5. The van der Waals surface area contributed by atoms with Crippen molar-refractivity contribution in [2.75, 3.05) is 25.5 Å². The molecule has 182 valence electrons. The fourth-order valence-corrected chi connectivity index (χ4v) is 5.29. The first kappa shape index (κ1) is 24.7. The second-order valence-corrected chi connectivity index (χ2v) is 9.53. The van der Waals surface area contributed by atoms with Crippen LogP contribution in [0.25, 0.3) is 11.1 Å². The van der Waals surface area contributed by atoms with E-state index in [1.165, 1.54) is 11.3 Å². The summed E-state index contributed by atoms with van der Waals surface area (Å²) < 4.78 is 5.37. The first-order valence-electron chi connectivity index (χ1n) is 12.0. The number of nitrogens with one attached hydrogen (secondary N) is 1. The normalized spacial score (nSPS) is 13.9. The molecular weight excluding hydrogens is 458 g/mol. The van der Waals surface area contributed by atoms with Crippen molar-refractivity contribution in [1.82, 2.24) is 9.88 Å². The number of nitrogens with zero attached hydrogens (tertiary/aromatic N) is 2. The number of carbonyl (C=O) groups is 2. The highest BCUT2D eigenvalue weighted by molar-refractivity contribution is 7.10. The van der Waals surface area contributed by atoms with Gasteiger partial charge >= 0.3 is 0 Å². The Balaban J connectivity index is 1.41. The van der Waals surface area contributed by atoms with Gasteiger partial charge in [0, 0.05) is 42.4 Å². The van der Waals surface area contributed by atoms with Crippen LogP contribution >= 0.6 is 11.3 Å². The Labute approximate surface area is 210 Å². The van der Waals surface area contributed by atoms with Crippen LogP contribution in [0.1, 0.15) is 53.5 Å². The molecule has 0 spiro atoms. The van der Waals surface area contributed by atoms with Gasteiger partial charge in [0.2, 0.25) is 5.91 Å². The number of hydrogen-bond donors (Lipinski definition) is 1. The van der Waals surface area contributed by atoms with Crippen molar-refractivity contribution < 1.29 is 14.3 Å². The molecule has 0 unspecified atom stereocenters. The molecule has 7 heteroatoms. The molecule has 2 heterocycles. The largest absolute Gasteiger partial charge is 0.497 e. The number of allylic oxidation sites excluding steroid dienone is 1. The maximum absolute atomic E-state index is 13.1. The van der Waals surface area contributed by atoms with Crippen molar-refractivity contribution in [3.63, 3.8) is 0 Å². The highest BCUT2D eigenvalue weighted by Gasteiger charge is 2.26. The maximum atomic E-state index is 13.1. The molecule has 0 radical (unpaired) electrons. The number of carbonyl (C=O) groups excluding carboxylic acids is 2. The summed E-state index contributed by atoms with van der Waals surface area (Å²) >= 11 is 1.52. The van der Waals surface area contributed by atoms with Crippen molar-refractivity contribution in [3.05, 3.63) is 77.3 Å². The number of benzene rings is 2. The Kier molecular flexibility index (Phi) is 8.32. The molecule has 0 aliphatic carbocycles. The van der Waals surface area contributed by atoms with Crippen molar-refractivity contribution in [2.24, 2.45) is 0 Å². The number of aromatic nitrogens is 1. The molecule has 1 aliphatic heterocycles.